The van der Waals surface area contributed by atoms with Gasteiger partial charge >= 0.3 is 0 Å². The molecule has 2 saturated heterocycles. The molecule has 0 spiro atoms. The molecular formula is C18H22N2O5S. The van der Waals surface area contributed by atoms with Crippen molar-refractivity contribution in [3.05, 3.63) is 29.8 Å². The van der Waals surface area contributed by atoms with Crippen LogP contribution in [0.25, 0.3) is 0 Å². The Bertz CT molecular complexity index is 755. The van der Waals surface area contributed by atoms with Gasteiger partial charge in [0.05, 0.1) is 5.56 Å². The molecule has 2 fully saturated rings. The summed E-state index contributed by atoms with van der Waals surface area (Å²) < 4.78 is 0. The lowest BCUT2D eigenvalue weighted by Gasteiger charge is -2.32. The first-order valence-electron chi connectivity index (χ1n) is 8.58. The van der Waals surface area contributed by atoms with Crippen LogP contribution in [0.5, 0.6) is 5.75 Å². The fraction of sp³-hybridized carbons (Fsp3) is 0.500. The zero-order valence-electron chi connectivity index (χ0n) is 14.7. The number of imide groups is 1. The molecule has 4 atom stereocenters. The largest absolute Gasteiger partial charge is 0.544 e. The second-order valence-corrected chi connectivity index (χ2v) is 7.73. The van der Waals surface area contributed by atoms with Crippen molar-refractivity contribution in [2.45, 2.75) is 24.9 Å². The van der Waals surface area contributed by atoms with Crippen molar-refractivity contribution in [2.24, 2.45) is 11.8 Å². The van der Waals surface area contributed by atoms with Crippen molar-refractivity contribution in [3.63, 3.8) is 0 Å². The first kappa shape index (κ1) is 18.7. The van der Waals surface area contributed by atoms with E-state index in [9.17, 15) is 24.6 Å². The number of aliphatic carboxylic acids is 1. The highest BCUT2D eigenvalue weighted by Crippen LogP contribution is 2.46. The molecule has 2 heterocycles. The first-order valence-corrected chi connectivity index (χ1v) is 9.98. The van der Waals surface area contributed by atoms with Gasteiger partial charge in [0, 0.05) is 13.0 Å². The van der Waals surface area contributed by atoms with Gasteiger partial charge in [-0.1, -0.05) is 12.1 Å². The number of likely N-dealkylation sites (tertiary alicyclic amines) is 1. The van der Waals surface area contributed by atoms with E-state index in [1.165, 1.54) is 17.8 Å². The number of nitrogens with zero attached hydrogens (tertiary/aromatic N) is 1. The fourth-order valence-electron chi connectivity index (χ4n) is 4.35. The number of quaternary nitrogens is 1. The third-order valence-electron chi connectivity index (χ3n) is 5.57. The number of phenolic OH excluding ortho intramolecular Hbond substituents is 1. The van der Waals surface area contributed by atoms with Crippen molar-refractivity contribution in [3.8, 4) is 5.75 Å². The average molecular weight is 378 g/mol. The lowest BCUT2D eigenvalue weighted by atomic mass is 9.78. The molecule has 0 aliphatic carbocycles. The summed E-state index contributed by atoms with van der Waals surface area (Å²) in [6, 6.07) is 5.90. The number of fused-ring (bicyclic) bond motifs is 1. The van der Waals surface area contributed by atoms with Gasteiger partial charge in [0.1, 0.15) is 29.6 Å². The van der Waals surface area contributed by atoms with E-state index in [1.807, 2.05) is 6.26 Å². The number of carboxylic acid groups (broad SMARTS) is 1. The van der Waals surface area contributed by atoms with E-state index < -0.39 is 35.3 Å². The highest BCUT2D eigenvalue weighted by Gasteiger charge is 2.69. The quantitative estimate of drug-likeness (QED) is 0.606. The number of phenols is 1. The number of nitrogens with two attached hydrogens (primary N) is 1. The summed E-state index contributed by atoms with van der Waals surface area (Å²) >= 11 is 1.48. The number of rotatable bonds is 6. The number of carboxylic acids is 1. The number of thioether (sulfide) groups is 1. The average Bonchev–Trinajstić information content (AvgIpc) is 3.08. The Hall–Kier alpha value is -2.06. The lowest BCUT2D eigenvalue weighted by molar-refractivity contribution is -0.739. The van der Waals surface area contributed by atoms with Gasteiger partial charge in [0.15, 0.2) is 5.54 Å². The van der Waals surface area contributed by atoms with E-state index in [-0.39, 0.29) is 24.6 Å². The van der Waals surface area contributed by atoms with Crippen LogP contribution in [0.2, 0.25) is 0 Å². The Kier molecular flexibility index (Phi) is 4.98. The summed E-state index contributed by atoms with van der Waals surface area (Å²) in [7, 11) is 0. The first-order chi connectivity index (χ1) is 12.4. The van der Waals surface area contributed by atoms with Crippen molar-refractivity contribution >= 4 is 29.5 Å². The Morgan fingerprint density at radius 1 is 1.35 bits per heavy atom. The highest BCUT2D eigenvalue weighted by molar-refractivity contribution is 7.98. The summed E-state index contributed by atoms with van der Waals surface area (Å²) in [6.07, 6.45) is 2.06. The minimum Gasteiger partial charge on any atom is -0.544 e. The number of carbonyl (C=O) groups excluding carboxylic acids is 3. The van der Waals surface area contributed by atoms with Crippen LogP contribution in [0, 0.1) is 11.8 Å². The molecule has 8 heteroatoms. The van der Waals surface area contributed by atoms with Gasteiger partial charge in [0.2, 0.25) is 11.8 Å². The fourth-order valence-corrected chi connectivity index (χ4v) is 4.90. The van der Waals surface area contributed by atoms with Crippen molar-refractivity contribution in [2.75, 3.05) is 18.6 Å². The van der Waals surface area contributed by atoms with Crippen LogP contribution in [0.3, 0.4) is 0 Å². The molecule has 2 aliphatic rings. The van der Waals surface area contributed by atoms with Crippen molar-refractivity contribution < 1.29 is 29.9 Å². The predicted molar refractivity (Wildman–Crippen MR) is 92.9 cm³/mol. The normalized spacial score (nSPS) is 30.7. The molecule has 7 nitrogen and oxygen atoms in total. The van der Waals surface area contributed by atoms with E-state index in [0.717, 1.165) is 4.90 Å². The third-order valence-corrected chi connectivity index (χ3v) is 6.19. The summed E-state index contributed by atoms with van der Waals surface area (Å²) in [5.41, 5.74) is -1.05. The van der Waals surface area contributed by atoms with Crippen LogP contribution in [-0.2, 0) is 14.4 Å². The predicted octanol–water partition coefficient (Wildman–Crippen LogP) is -1.13. The Morgan fingerprint density at radius 3 is 2.62 bits per heavy atom. The molecule has 0 unspecified atom stereocenters. The SMILES string of the molecule is CCN1C(=O)[C@@H]2[C@@H](C1=O)[C@](CCSC)(C(=O)[O-])[NH2+][C@H]2c1ccccc1O. The van der Waals surface area contributed by atoms with Crippen LogP contribution in [0.15, 0.2) is 24.3 Å². The maximum atomic E-state index is 12.9. The summed E-state index contributed by atoms with van der Waals surface area (Å²) in [5.74, 6) is -3.47. The van der Waals surface area contributed by atoms with Gasteiger partial charge in [-0.15, -0.1) is 0 Å². The van der Waals surface area contributed by atoms with Gasteiger partial charge in [-0.3, -0.25) is 14.5 Å². The standard InChI is InChI=1S/C18H22N2O5S/c1-3-20-15(22)12-13(16(20)23)18(17(24)25,8-9-26-2)19-14(12)10-6-4-5-7-11(10)21/h4-7,12-14,19,21H,3,8-9H2,1-2H3,(H,24,25)/t12-,13+,14+,18-/m1/s1. The molecule has 2 aliphatic heterocycles. The monoisotopic (exact) mass is 378 g/mol. The molecule has 26 heavy (non-hydrogen) atoms. The maximum absolute atomic E-state index is 12.9. The lowest BCUT2D eigenvalue weighted by Crippen LogP contribution is -2.99. The van der Waals surface area contributed by atoms with Crippen LogP contribution >= 0.6 is 11.8 Å². The summed E-state index contributed by atoms with van der Waals surface area (Å²) in [4.78, 5) is 39.1. The molecule has 140 valence electrons. The number of benzene rings is 1. The number of carbonyl (C=O) groups is 3. The van der Waals surface area contributed by atoms with E-state index in [2.05, 4.69) is 0 Å². The molecule has 3 rings (SSSR count). The molecule has 0 aromatic heterocycles. The second-order valence-electron chi connectivity index (χ2n) is 6.75. The maximum Gasteiger partial charge on any atom is 0.240 e. The number of hydrogen-bond acceptors (Lipinski definition) is 6. The van der Waals surface area contributed by atoms with Crippen molar-refractivity contribution in [1.29, 1.82) is 0 Å². The molecule has 2 amide bonds. The Labute approximate surface area is 155 Å². The second kappa shape index (κ2) is 6.92. The highest BCUT2D eigenvalue weighted by atomic mass is 32.2. The van der Waals surface area contributed by atoms with Gasteiger partial charge < -0.3 is 20.3 Å². The Balaban J connectivity index is 2.14. The summed E-state index contributed by atoms with van der Waals surface area (Å²) in [6.45, 7) is 1.89. The molecule has 3 N–H and O–H groups in total. The van der Waals surface area contributed by atoms with E-state index >= 15 is 0 Å². The molecule has 0 bridgehead atoms. The minimum absolute atomic E-state index is 0.0123. The number of hydrogen-bond donors (Lipinski definition) is 2. The van der Waals surface area contributed by atoms with E-state index in [4.69, 9.17) is 0 Å². The van der Waals surface area contributed by atoms with Gasteiger partial charge in [-0.05, 0) is 31.1 Å². The van der Waals surface area contributed by atoms with Gasteiger partial charge in [-0.25, -0.2) is 0 Å². The molecule has 0 radical (unpaired) electrons. The smallest absolute Gasteiger partial charge is 0.240 e. The van der Waals surface area contributed by atoms with E-state index in [0.29, 0.717) is 11.3 Å². The molecule has 1 aromatic carbocycles. The van der Waals surface area contributed by atoms with Gasteiger partial charge in [-0.2, -0.15) is 11.8 Å². The van der Waals surface area contributed by atoms with Gasteiger partial charge in [0.25, 0.3) is 0 Å². The number of aromatic hydroxyl groups is 1. The van der Waals surface area contributed by atoms with Crippen LogP contribution in [0.4, 0.5) is 0 Å². The van der Waals surface area contributed by atoms with Crippen LogP contribution in [-0.4, -0.2) is 51.9 Å². The minimum atomic E-state index is -1.52. The molecule has 1 aromatic rings. The third kappa shape index (κ3) is 2.59. The van der Waals surface area contributed by atoms with E-state index in [1.54, 1.807) is 30.4 Å². The number of para-hydroxylation sites is 1. The summed E-state index contributed by atoms with van der Waals surface area (Å²) in [5, 5.41) is 24.0. The topological polar surface area (TPSA) is 114 Å². The zero-order chi connectivity index (χ0) is 19.1. The molecular weight excluding hydrogens is 356 g/mol. The van der Waals surface area contributed by atoms with Crippen molar-refractivity contribution in [1.82, 2.24) is 4.90 Å². The van der Waals surface area contributed by atoms with Crippen LogP contribution in [0.1, 0.15) is 24.9 Å². The zero-order valence-corrected chi connectivity index (χ0v) is 15.5. The Morgan fingerprint density at radius 2 is 2.04 bits per heavy atom. The number of amides is 2. The molecule has 0 saturated carbocycles. The van der Waals surface area contributed by atoms with Crippen LogP contribution < -0.4 is 10.4 Å².